The fraction of sp³-hybridized carbons (Fsp3) is 0.571. The smallest absolute Gasteiger partial charge is 0.119 e. The van der Waals surface area contributed by atoms with Gasteiger partial charge < -0.3 is 20.3 Å². The molecule has 0 amide bonds. The number of nitrogens with one attached hydrogen (secondary N) is 1. The first-order valence-electron chi connectivity index (χ1n) is 6.27. The van der Waals surface area contributed by atoms with Crippen LogP contribution in [0.25, 0.3) is 0 Å². The minimum Gasteiger partial charge on any atom is -0.491 e. The second kappa shape index (κ2) is 7.10. The summed E-state index contributed by atoms with van der Waals surface area (Å²) in [5.74, 6) is 0.683. The van der Waals surface area contributed by atoms with Crippen molar-refractivity contribution in [3.05, 3.63) is 28.8 Å². The quantitative estimate of drug-likeness (QED) is 0.715. The Bertz CT molecular complexity index is 410. The Kier molecular flexibility index (Phi) is 6.07. The Morgan fingerprint density at radius 3 is 2.68 bits per heavy atom. The summed E-state index contributed by atoms with van der Waals surface area (Å²) in [5, 5.41) is 22.6. The summed E-state index contributed by atoms with van der Waals surface area (Å²) in [7, 11) is 0. The molecule has 0 spiro atoms. The van der Waals surface area contributed by atoms with Gasteiger partial charge in [-0.05, 0) is 44.5 Å². The van der Waals surface area contributed by atoms with Gasteiger partial charge in [0.15, 0.2) is 0 Å². The number of β-amino-alcohol motifs (C(OH)–C–C–N with tert-alkyl or cyclic N) is 1. The largest absolute Gasteiger partial charge is 0.491 e. The second-order valence-electron chi connectivity index (χ2n) is 5.30. The normalized spacial score (nSPS) is 13.4. The molecule has 1 aromatic carbocycles. The highest BCUT2D eigenvalue weighted by atomic mass is 35.5. The van der Waals surface area contributed by atoms with Crippen LogP contribution < -0.4 is 10.1 Å². The number of halogens is 1. The molecule has 108 valence electrons. The third-order valence-electron chi connectivity index (χ3n) is 2.78. The fourth-order valence-electron chi connectivity index (χ4n) is 1.41. The molecule has 0 bridgehead atoms. The fourth-order valence-corrected chi connectivity index (χ4v) is 1.53. The van der Waals surface area contributed by atoms with Crippen LogP contribution in [0.2, 0.25) is 5.02 Å². The molecule has 19 heavy (non-hydrogen) atoms. The van der Waals surface area contributed by atoms with Crippen molar-refractivity contribution in [1.82, 2.24) is 5.32 Å². The van der Waals surface area contributed by atoms with Crippen LogP contribution in [-0.4, -0.2) is 41.6 Å². The topological polar surface area (TPSA) is 61.7 Å². The highest BCUT2D eigenvalue weighted by Gasteiger charge is 2.17. The van der Waals surface area contributed by atoms with Gasteiger partial charge in [-0.15, -0.1) is 0 Å². The van der Waals surface area contributed by atoms with E-state index in [-0.39, 0.29) is 13.2 Å². The number of rotatable bonds is 7. The third kappa shape index (κ3) is 5.78. The predicted molar refractivity (Wildman–Crippen MR) is 76.9 cm³/mol. The third-order valence-corrected chi connectivity index (χ3v) is 3.21. The van der Waals surface area contributed by atoms with E-state index in [1.807, 2.05) is 26.8 Å². The molecule has 1 atom stereocenters. The average molecular weight is 288 g/mol. The Morgan fingerprint density at radius 1 is 1.42 bits per heavy atom. The molecule has 4 nitrogen and oxygen atoms in total. The molecule has 0 radical (unpaired) electrons. The lowest BCUT2D eigenvalue weighted by atomic mass is 10.1. The molecule has 0 saturated heterocycles. The Labute approximate surface area is 119 Å². The van der Waals surface area contributed by atoms with Crippen molar-refractivity contribution in [2.45, 2.75) is 32.4 Å². The van der Waals surface area contributed by atoms with Gasteiger partial charge in [0.1, 0.15) is 18.5 Å². The first kappa shape index (κ1) is 16.2. The molecule has 3 N–H and O–H groups in total. The Morgan fingerprint density at radius 2 is 2.11 bits per heavy atom. The van der Waals surface area contributed by atoms with E-state index in [1.165, 1.54) is 0 Å². The van der Waals surface area contributed by atoms with Crippen LogP contribution in [0.5, 0.6) is 5.75 Å². The van der Waals surface area contributed by atoms with E-state index in [0.717, 1.165) is 5.56 Å². The zero-order chi connectivity index (χ0) is 14.5. The maximum atomic E-state index is 9.80. The van der Waals surface area contributed by atoms with Gasteiger partial charge in [0.2, 0.25) is 0 Å². The number of aliphatic hydroxyl groups excluding tert-OH is 2. The minimum atomic E-state index is -0.637. The predicted octanol–water partition coefficient (Wildman–Crippen LogP) is 1.75. The van der Waals surface area contributed by atoms with Crippen LogP contribution in [0.3, 0.4) is 0 Å². The summed E-state index contributed by atoms with van der Waals surface area (Å²) in [6.45, 7) is 6.19. The molecular formula is C14H22ClNO3. The first-order chi connectivity index (χ1) is 8.84. The van der Waals surface area contributed by atoms with E-state index in [2.05, 4.69) is 5.32 Å². The lowest BCUT2D eigenvalue weighted by molar-refractivity contribution is 0.0906. The van der Waals surface area contributed by atoms with Gasteiger partial charge in [0.05, 0.1) is 6.61 Å². The Hall–Kier alpha value is -0.810. The van der Waals surface area contributed by atoms with E-state index in [0.29, 0.717) is 17.3 Å². The lowest BCUT2D eigenvalue weighted by Gasteiger charge is -2.25. The van der Waals surface area contributed by atoms with Crippen LogP contribution in [0.15, 0.2) is 18.2 Å². The van der Waals surface area contributed by atoms with E-state index in [1.54, 1.807) is 12.1 Å². The molecule has 0 aliphatic rings. The highest BCUT2D eigenvalue weighted by molar-refractivity contribution is 6.31. The zero-order valence-corrected chi connectivity index (χ0v) is 12.4. The number of hydrogen-bond donors (Lipinski definition) is 3. The van der Waals surface area contributed by atoms with E-state index < -0.39 is 11.6 Å². The molecule has 0 unspecified atom stereocenters. The van der Waals surface area contributed by atoms with Crippen molar-refractivity contribution in [2.24, 2.45) is 0 Å². The van der Waals surface area contributed by atoms with Gasteiger partial charge in [-0.25, -0.2) is 0 Å². The standard InChI is InChI=1S/C14H22ClNO3/c1-10-6-12(4-5-13(10)15)19-8-11(18)7-16-14(2,3)9-17/h4-6,11,16-18H,7-9H2,1-3H3/t11-/m0/s1. The van der Waals surface area contributed by atoms with E-state index in [9.17, 15) is 5.11 Å². The average Bonchev–Trinajstić information content (AvgIpc) is 2.38. The number of aliphatic hydroxyl groups is 2. The summed E-state index contributed by atoms with van der Waals surface area (Å²) in [6, 6.07) is 5.37. The van der Waals surface area contributed by atoms with Crippen LogP contribution in [0, 0.1) is 6.92 Å². The summed E-state index contributed by atoms with van der Waals surface area (Å²) in [4.78, 5) is 0. The minimum absolute atomic E-state index is 0.0109. The van der Waals surface area contributed by atoms with Gasteiger partial charge in [-0.2, -0.15) is 0 Å². The highest BCUT2D eigenvalue weighted by Crippen LogP contribution is 2.21. The van der Waals surface area contributed by atoms with Crippen molar-refractivity contribution in [1.29, 1.82) is 0 Å². The van der Waals surface area contributed by atoms with Gasteiger partial charge in [-0.3, -0.25) is 0 Å². The van der Waals surface area contributed by atoms with Crippen LogP contribution in [-0.2, 0) is 0 Å². The number of ether oxygens (including phenoxy) is 1. The van der Waals surface area contributed by atoms with Crippen LogP contribution in [0.1, 0.15) is 19.4 Å². The maximum absolute atomic E-state index is 9.80. The monoisotopic (exact) mass is 287 g/mol. The lowest BCUT2D eigenvalue weighted by Crippen LogP contribution is -2.47. The van der Waals surface area contributed by atoms with Crippen molar-refractivity contribution < 1.29 is 14.9 Å². The number of hydrogen-bond acceptors (Lipinski definition) is 4. The molecule has 1 aromatic rings. The number of benzene rings is 1. The molecule has 0 aromatic heterocycles. The van der Waals surface area contributed by atoms with Crippen molar-refractivity contribution in [2.75, 3.05) is 19.8 Å². The SMILES string of the molecule is Cc1cc(OC[C@@H](O)CNC(C)(C)CO)ccc1Cl. The molecule has 0 saturated carbocycles. The van der Waals surface area contributed by atoms with Crippen molar-refractivity contribution >= 4 is 11.6 Å². The van der Waals surface area contributed by atoms with E-state index in [4.69, 9.17) is 21.4 Å². The van der Waals surface area contributed by atoms with Gasteiger partial charge in [-0.1, -0.05) is 11.6 Å². The molecule has 1 rings (SSSR count). The zero-order valence-electron chi connectivity index (χ0n) is 11.6. The second-order valence-corrected chi connectivity index (χ2v) is 5.71. The first-order valence-corrected chi connectivity index (χ1v) is 6.65. The number of aryl methyl sites for hydroxylation is 1. The summed E-state index contributed by atoms with van der Waals surface area (Å²) in [6.07, 6.45) is -0.637. The molecule has 5 heteroatoms. The molecule has 0 aliphatic heterocycles. The Balaban J connectivity index is 2.37. The van der Waals surface area contributed by atoms with Crippen LogP contribution in [0.4, 0.5) is 0 Å². The molecule has 0 heterocycles. The van der Waals surface area contributed by atoms with Crippen molar-refractivity contribution in [3.8, 4) is 5.75 Å². The molecule has 0 fully saturated rings. The van der Waals surface area contributed by atoms with Crippen LogP contribution >= 0.6 is 11.6 Å². The molecule has 0 aliphatic carbocycles. The molecular weight excluding hydrogens is 266 g/mol. The van der Waals surface area contributed by atoms with Gasteiger partial charge in [0.25, 0.3) is 0 Å². The summed E-state index contributed by atoms with van der Waals surface area (Å²) in [5.41, 5.74) is 0.533. The van der Waals surface area contributed by atoms with E-state index >= 15 is 0 Å². The van der Waals surface area contributed by atoms with Crippen molar-refractivity contribution in [3.63, 3.8) is 0 Å². The van der Waals surface area contributed by atoms with Gasteiger partial charge >= 0.3 is 0 Å². The summed E-state index contributed by atoms with van der Waals surface area (Å²) >= 11 is 5.92. The maximum Gasteiger partial charge on any atom is 0.119 e. The van der Waals surface area contributed by atoms with Gasteiger partial charge in [0, 0.05) is 17.1 Å². The summed E-state index contributed by atoms with van der Waals surface area (Å²) < 4.78 is 5.49.